The molecule has 2 heteroatoms. The lowest BCUT2D eigenvalue weighted by molar-refractivity contribution is -0.128. The number of hydrogen-bond donors (Lipinski definition) is 1. The second-order valence-corrected chi connectivity index (χ2v) is 5.32. The summed E-state index contributed by atoms with van der Waals surface area (Å²) in [6.45, 7) is 2.04. The molecule has 0 aromatic heterocycles. The molecule has 2 rings (SSSR count). The van der Waals surface area contributed by atoms with E-state index in [-0.39, 0.29) is 11.5 Å². The predicted octanol–water partition coefficient (Wildman–Crippen LogP) is 2.71. The fraction of sp³-hybridized carbons (Fsp3) is 0.533. The van der Waals surface area contributed by atoms with Gasteiger partial charge in [0, 0.05) is 17.9 Å². The van der Waals surface area contributed by atoms with Gasteiger partial charge >= 0.3 is 0 Å². The number of hydrogen-bond acceptors (Lipinski definition) is 2. The topological polar surface area (TPSA) is 43.1 Å². The third-order valence-electron chi connectivity index (χ3n) is 4.15. The lowest BCUT2D eigenvalue weighted by Crippen LogP contribution is -2.41. The Morgan fingerprint density at radius 3 is 2.71 bits per heavy atom. The zero-order valence-corrected chi connectivity index (χ0v) is 10.5. The maximum absolute atomic E-state index is 12.3. The number of nitrogens with two attached hydrogens (primary N) is 1. The highest BCUT2D eigenvalue weighted by atomic mass is 16.1. The molecule has 0 bridgehead atoms. The number of carbonyl (C=O) groups is 1. The van der Waals surface area contributed by atoms with Crippen LogP contribution >= 0.6 is 0 Å². The van der Waals surface area contributed by atoms with Gasteiger partial charge in [0.1, 0.15) is 5.78 Å². The van der Waals surface area contributed by atoms with E-state index in [0.717, 1.165) is 25.7 Å². The zero-order chi connectivity index (χ0) is 12.3. The van der Waals surface area contributed by atoms with E-state index in [1.165, 1.54) is 5.56 Å². The Bertz CT molecular complexity index is 387. The SMILES string of the molecule is CC1(C(=O)CCc2ccccc2)CCCC1N. The van der Waals surface area contributed by atoms with Crippen molar-refractivity contribution in [3.05, 3.63) is 35.9 Å². The van der Waals surface area contributed by atoms with Crippen LogP contribution in [0.3, 0.4) is 0 Å². The van der Waals surface area contributed by atoms with Crippen LogP contribution in [0.2, 0.25) is 0 Å². The van der Waals surface area contributed by atoms with Gasteiger partial charge in [-0.15, -0.1) is 0 Å². The summed E-state index contributed by atoms with van der Waals surface area (Å²) < 4.78 is 0. The largest absolute Gasteiger partial charge is 0.327 e. The molecule has 0 radical (unpaired) electrons. The van der Waals surface area contributed by atoms with Crippen molar-refractivity contribution in [2.45, 2.75) is 45.1 Å². The quantitative estimate of drug-likeness (QED) is 0.865. The Hall–Kier alpha value is -1.15. The number of benzene rings is 1. The highest BCUT2D eigenvalue weighted by Gasteiger charge is 2.41. The molecule has 2 atom stereocenters. The molecular weight excluding hydrogens is 210 g/mol. The maximum Gasteiger partial charge on any atom is 0.140 e. The molecule has 1 saturated carbocycles. The standard InChI is InChI=1S/C15H21NO/c1-15(11-5-8-13(15)16)14(17)10-9-12-6-3-2-4-7-12/h2-4,6-7,13H,5,8-11,16H2,1H3. The minimum Gasteiger partial charge on any atom is -0.327 e. The molecule has 2 N–H and O–H groups in total. The summed E-state index contributed by atoms with van der Waals surface area (Å²) in [5, 5.41) is 0. The molecule has 1 aromatic carbocycles. The van der Waals surface area contributed by atoms with Crippen LogP contribution in [0.25, 0.3) is 0 Å². The maximum atomic E-state index is 12.3. The van der Waals surface area contributed by atoms with Crippen LogP contribution in [0.5, 0.6) is 0 Å². The van der Waals surface area contributed by atoms with Gasteiger partial charge in [0.2, 0.25) is 0 Å². The Labute approximate surface area is 103 Å². The summed E-state index contributed by atoms with van der Waals surface area (Å²) in [7, 11) is 0. The van der Waals surface area contributed by atoms with Gasteiger partial charge in [-0.05, 0) is 24.8 Å². The highest BCUT2D eigenvalue weighted by Crippen LogP contribution is 2.38. The first-order chi connectivity index (χ1) is 8.13. The van der Waals surface area contributed by atoms with Gasteiger partial charge in [-0.25, -0.2) is 0 Å². The summed E-state index contributed by atoms with van der Waals surface area (Å²) in [6, 6.07) is 10.2. The average Bonchev–Trinajstić information content (AvgIpc) is 2.69. The number of Topliss-reactive ketones (excluding diaryl/α,β-unsaturated/α-hetero) is 1. The molecule has 92 valence electrons. The number of aryl methyl sites for hydroxylation is 1. The van der Waals surface area contributed by atoms with E-state index >= 15 is 0 Å². The fourth-order valence-electron chi connectivity index (χ4n) is 2.73. The molecule has 0 heterocycles. The van der Waals surface area contributed by atoms with Crippen molar-refractivity contribution < 1.29 is 4.79 Å². The van der Waals surface area contributed by atoms with Crippen molar-refractivity contribution >= 4 is 5.78 Å². The van der Waals surface area contributed by atoms with Crippen molar-refractivity contribution in [3.8, 4) is 0 Å². The van der Waals surface area contributed by atoms with E-state index in [0.29, 0.717) is 12.2 Å². The summed E-state index contributed by atoms with van der Waals surface area (Å²) in [5.74, 6) is 0.339. The Morgan fingerprint density at radius 2 is 2.12 bits per heavy atom. The fourth-order valence-corrected chi connectivity index (χ4v) is 2.73. The summed E-state index contributed by atoms with van der Waals surface area (Å²) in [5.41, 5.74) is 7.03. The van der Waals surface area contributed by atoms with E-state index in [9.17, 15) is 4.79 Å². The zero-order valence-electron chi connectivity index (χ0n) is 10.5. The summed E-state index contributed by atoms with van der Waals surface area (Å²) in [4.78, 5) is 12.3. The van der Waals surface area contributed by atoms with Gasteiger partial charge < -0.3 is 5.73 Å². The molecule has 2 nitrogen and oxygen atoms in total. The summed E-state index contributed by atoms with van der Waals surface area (Å²) >= 11 is 0. The second kappa shape index (κ2) is 5.01. The molecule has 2 unspecified atom stereocenters. The van der Waals surface area contributed by atoms with Crippen LogP contribution in [0, 0.1) is 5.41 Å². The van der Waals surface area contributed by atoms with Crippen molar-refractivity contribution in [1.29, 1.82) is 0 Å². The van der Waals surface area contributed by atoms with Crippen molar-refractivity contribution in [3.63, 3.8) is 0 Å². The predicted molar refractivity (Wildman–Crippen MR) is 69.7 cm³/mol. The van der Waals surface area contributed by atoms with Crippen LogP contribution in [-0.2, 0) is 11.2 Å². The van der Waals surface area contributed by atoms with Gasteiger partial charge in [0.05, 0.1) is 0 Å². The van der Waals surface area contributed by atoms with Gasteiger partial charge in [-0.3, -0.25) is 4.79 Å². The van der Waals surface area contributed by atoms with Crippen molar-refractivity contribution in [2.24, 2.45) is 11.1 Å². The van der Waals surface area contributed by atoms with Gasteiger partial charge in [-0.1, -0.05) is 43.7 Å². The van der Waals surface area contributed by atoms with Gasteiger partial charge in [0.15, 0.2) is 0 Å². The van der Waals surface area contributed by atoms with Crippen LogP contribution in [0.15, 0.2) is 30.3 Å². The molecular formula is C15H21NO. The average molecular weight is 231 g/mol. The monoisotopic (exact) mass is 231 g/mol. The third-order valence-corrected chi connectivity index (χ3v) is 4.15. The first kappa shape index (κ1) is 12.3. The van der Waals surface area contributed by atoms with E-state index in [2.05, 4.69) is 12.1 Å². The van der Waals surface area contributed by atoms with Crippen LogP contribution < -0.4 is 5.73 Å². The molecule has 1 aliphatic rings. The molecule has 0 saturated heterocycles. The molecule has 1 fully saturated rings. The second-order valence-electron chi connectivity index (χ2n) is 5.32. The number of rotatable bonds is 4. The lowest BCUT2D eigenvalue weighted by Gasteiger charge is -2.27. The Kier molecular flexibility index (Phi) is 3.63. The van der Waals surface area contributed by atoms with Gasteiger partial charge in [0.25, 0.3) is 0 Å². The molecule has 0 spiro atoms. The van der Waals surface area contributed by atoms with Crippen molar-refractivity contribution in [1.82, 2.24) is 0 Å². The van der Waals surface area contributed by atoms with E-state index in [1.807, 2.05) is 25.1 Å². The van der Waals surface area contributed by atoms with E-state index in [1.54, 1.807) is 0 Å². The van der Waals surface area contributed by atoms with Crippen LogP contribution in [-0.4, -0.2) is 11.8 Å². The first-order valence-electron chi connectivity index (χ1n) is 6.46. The molecule has 0 aliphatic heterocycles. The van der Waals surface area contributed by atoms with Gasteiger partial charge in [-0.2, -0.15) is 0 Å². The normalized spacial score (nSPS) is 28.2. The Balaban J connectivity index is 1.94. The number of ketones is 1. The van der Waals surface area contributed by atoms with E-state index < -0.39 is 0 Å². The van der Waals surface area contributed by atoms with E-state index in [4.69, 9.17) is 5.73 Å². The van der Waals surface area contributed by atoms with Crippen LogP contribution in [0.1, 0.15) is 38.2 Å². The van der Waals surface area contributed by atoms with Crippen molar-refractivity contribution in [2.75, 3.05) is 0 Å². The molecule has 0 amide bonds. The lowest BCUT2D eigenvalue weighted by atomic mass is 9.79. The third kappa shape index (κ3) is 2.58. The Morgan fingerprint density at radius 1 is 1.41 bits per heavy atom. The minimum absolute atomic E-state index is 0.0609. The molecule has 1 aromatic rings. The van der Waals surface area contributed by atoms with Crippen LogP contribution in [0.4, 0.5) is 0 Å². The molecule has 17 heavy (non-hydrogen) atoms. The first-order valence-corrected chi connectivity index (χ1v) is 6.46. The molecule has 1 aliphatic carbocycles. The minimum atomic E-state index is -0.269. The smallest absolute Gasteiger partial charge is 0.140 e. The number of carbonyl (C=O) groups excluding carboxylic acids is 1. The highest BCUT2D eigenvalue weighted by molar-refractivity contribution is 5.85. The summed E-state index contributed by atoms with van der Waals surface area (Å²) in [6.07, 6.45) is 4.50.